The van der Waals surface area contributed by atoms with Crippen molar-refractivity contribution in [2.45, 2.75) is 38.1 Å². The maximum atomic E-state index is 12.8. The molecule has 3 rings (SSSR count). The van der Waals surface area contributed by atoms with E-state index in [0.29, 0.717) is 24.9 Å². The van der Waals surface area contributed by atoms with Crippen LogP contribution >= 0.6 is 0 Å². The van der Waals surface area contributed by atoms with Crippen LogP contribution in [0.25, 0.3) is 0 Å². The molecule has 1 aromatic carbocycles. The van der Waals surface area contributed by atoms with Gasteiger partial charge in [-0.25, -0.2) is 4.39 Å². The summed E-state index contributed by atoms with van der Waals surface area (Å²) >= 11 is 0. The Labute approximate surface area is 148 Å². The number of carbonyl (C=O) groups is 2. The van der Waals surface area contributed by atoms with Gasteiger partial charge in [0.2, 0.25) is 5.91 Å². The molecule has 2 amide bonds. The number of piperazine rings is 1. The summed E-state index contributed by atoms with van der Waals surface area (Å²) in [6.07, 6.45) is 5.03. The molecular formula is C19H26FN3O2. The van der Waals surface area contributed by atoms with Gasteiger partial charge >= 0.3 is 0 Å². The van der Waals surface area contributed by atoms with Crippen molar-refractivity contribution in [3.8, 4) is 0 Å². The number of halogens is 1. The Morgan fingerprint density at radius 3 is 2.36 bits per heavy atom. The number of rotatable bonds is 6. The lowest BCUT2D eigenvalue weighted by Gasteiger charge is -2.43. The number of carbonyl (C=O) groups excluding carboxylic acids is 2. The first-order chi connectivity index (χ1) is 12.1. The molecule has 136 valence electrons. The van der Waals surface area contributed by atoms with Crippen molar-refractivity contribution in [1.82, 2.24) is 15.1 Å². The molecule has 1 aromatic rings. The van der Waals surface area contributed by atoms with Gasteiger partial charge in [0, 0.05) is 50.7 Å². The van der Waals surface area contributed by atoms with E-state index < -0.39 is 0 Å². The fraction of sp³-hybridized carbons (Fsp3) is 0.579. The minimum atomic E-state index is -0.362. The summed E-state index contributed by atoms with van der Waals surface area (Å²) in [5.74, 6) is -0.426. The van der Waals surface area contributed by atoms with E-state index in [1.54, 1.807) is 0 Å². The Bertz CT molecular complexity index is 593. The van der Waals surface area contributed by atoms with Crippen molar-refractivity contribution in [3.05, 3.63) is 35.6 Å². The predicted octanol–water partition coefficient (Wildman–Crippen LogP) is 2.03. The molecule has 0 unspecified atom stereocenters. The Morgan fingerprint density at radius 1 is 1.08 bits per heavy atom. The first-order valence-corrected chi connectivity index (χ1v) is 9.19. The standard InChI is InChI=1S/C19H26FN3O2/c20-16-8-6-15(7-9-16)19(25)21-10-2-5-18(24)23-13-11-22(12-14-23)17-3-1-4-17/h6-9,17H,1-5,10-14H2,(H,21,25). The van der Waals surface area contributed by atoms with Crippen LogP contribution in [0.3, 0.4) is 0 Å². The van der Waals surface area contributed by atoms with Crippen molar-refractivity contribution in [2.75, 3.05) is 32.7 Å². The lowest BCUT2D eigenvalue weighted by molar-refractivity contribution is -0.133. The van der Waals surface area contributed by atoms with Gasteiger partial charge in [-0.3, -0.25) is 14.5 Å². The Hall–Kier alpha value is -1.95. The zero-order chi connectivity index (χ0) is 17.6. The van der Waals surface area contributed by atoms with Crippen molar-refractivity contribution >= 4 is 11.8 Å². The first kappa shape index (κ1) is 17.9. The van der Waals surface area contributed by atoms with Crippen LogP contribution in [-0.4, -0.2) is 60.4 Å². The SMILES string of the molecule is O=C(NCCCC(=O)N1CCN(C2CCC2)CC1)c1ccc(F)cc1. The molecule has 25 heavy (non-hydrogen) atoms. The molecule has 0 bridgehead atoms. The highest BCUT2D eigenvalue weighted by molar-refractivity contribution is 5.94. The second kappa shape index (κ2) is 8.43. The van der Waals surface area contributed by atoms with E-state index in [9.17, 15) is 14.0 Å². The first-order valence-electron chi connectivity index (χ1n) is 9.19. The number of hydrogen-bond donors (Lipinski definition) is 1. The number of nitrogens with zero attached hydrogens (tertiary/aromatic N) is 2. The monoisotopic (exact) mass is 347 g/mol. The second-order valence-electron chi connectivity index (χ2n) is 6.87. The fourth-order valence-corrected chi connectivity index (χ4v) is 3.39. The molecule has 1 aliphatic heterocycles. The van der Waals surface area contributed by atoms with Gasteiger partial charge in [-0.05, 0) is 43.5 Å². The molecule has 0 spiro atoms. The quantitative estimate of drug-likeness (QED) is 0.801. The molecule has 2 fully saturated rings. The summed E-state index contributed by atoms with van der Waals surface area (Å²) < 4.78 is 12.8. The molecule has 1 aliphatic carbocycles. The van der Waals surface area contributed by atoms with Gasteiger partial charge < -0.3 is 10.2 Å². The van der Waals surface area contributed by atoms with E-state index in [4.69, 9.17) is 0 Å². The van der Waals surface area contributed by atoms with Crippen LogP contribution in [0, 0.1) is 5.82 Å². The average Bonchev–Trinajstić information content (AvgIpc) is 2.58. The van der Waals surface area contributed by atoms with Crippen LogP contribution in [0.1, 0.15) is 42.5 Å². The maximum Gasteiger partial charge on any atom is 0.251 e. The minimum absolute atomic E-state index is 0.171. The maximum absolute atomic E-state index is 12.8. The van der Waals surface area contributed by atoms with Crippen molar-refractivity contribution < 1.29 is 14.0 Å². The summed E-state index contributed by atoms with van der Waals surface area (Å²) in [5, 5.41) is 2.77. The average molecular weight is 347 g/mol. The van der Waals surface area contributed by atoms with Crippen LogP contribution < -0.4 is 5.32 Å². The number of nitrogens with one attached hydrogen (secondary N) is 1. The number of benzene rings is 1. The molecule has 0 radical (unpaired) electrons. The predicted molar refractivity (Wildman–Crippen MR) is 93.8 cm³/mol. The molecule has 1 N–H and O–H groups in total. The van der Waals surface area contributed by atoms with Crippen molar-refractivity contribution in [1.29, 1.82) is 0 Å². The Kier molecular flexibility index (Phi) is 6.02. The summed E-state index contributed by atoms with van der Waals surface area (Å²) in [7, 11) is 0. The zero-order valence-electron chi connectivity index (χ0n) is 14.5. The van der Waals surface area contributed by atoms with Gasteiger partial charge in [-0.1, -0.05) is 6.42 Å². The highest BCUT2D eigenvalue weighted by Gasteiger charge is 2.29. The van der Waals surface area contributed by atoms with Gasteiger partial charge in [-0.15, -0.1) is 0 Å². The van der Waals surface area contributed by atoms with E-state index in [1.807, 2.05) is 4.90 Å². The topological polar surface area (TPSA) is 52.7 Å². The zero-order valence-corrected chi connectivity index (χ0v) is 14.5. The Balaban J connectivity index is 1.31. The third kappa shape index (κ3) is 4.78. The summed E-state index contributed by atoms with van der Waals surface area (Å²) in [5.41, 5.74) is 0.430. The van der Waals surface area contributed by atoms with Gasteiger partial charge in [0.1, 0.15) is 5.82 Å². The largest absolute Gasteiger partial charge is 0.352 e. The highest BCUT2D eigenvalue weighted by atomic mass is 19.1. The van der Waals surface area contributed by atoms with Crippen molar-refractivity contribution in [2.24, 2.45) is 0 Å². The summed E-state index contributed by atoms with van der Waals surface area (Å²) in [6.45, 7) is 4.05. The lowest BCUT2D eigenvalue weighted by atomic mass is 9.91. The van der Waals surface area contributed by atoms with Crippen LogP contribution in [0.2, 0.25) is 0 Å². The van der Waals surface area contributed by atoms with Crippen LogP contribution in [-0.2, 0) is 4.79 Å². The van der Waals surface area contributed by atoms with E-state index in [2.05, 4.69) is 10.2 Å². The molecule has 0 atom stereocenters. The van der Waals surface area contributed by atoms with Gasteiger partial charge in [0.15, 0.2) is 0 Å². The Morgan fingerprint density at radius 2 is 1.76 bits per heavy atom. The molecule has 1 saturated carbocycles. The van der Waals surface area contributed by atoms with Crippen LogP contribution in [0.4, 0.5) is 4.39 Å². The molecule has 2 aliphatic rings. The summed E-state index contributed by atoms with van der Waals surface area (Å²) in [6, 6.07) is 6.19. The number of amides is 2. The summed E-state index contributed by atoms with van der Waals surface area (Å²) in [4.78, 5) is 28.6. The molecule has 5 nitrogen and oxygen atoms in total. The number of hydrogen-bond acceptors (Lipinski definition) is 3. The van der Waals surface area contributed by atoms with Gasteiger partial charge in [0.05, 0.1) is 0 Å². The van der Waals surface area contributed by atoms with E-state index >= 15 is 0 Å². The molecular weight excluding hydrogens is 321 g/mol. The smallest absolute Gasteiger partial charge is 0.251 e. The van der Waals surface area contributed by atoms with Gasteiger partial charge in [0.25, 0.3) is 5.91 Å². The normalized spacial score (nSPS) is 18.7. The lowest BCUT2D eigenvalue weighted by Crippen LogP contribution is -2.53. The van der Waals surface area contributed by atoms with Crippen LogP contribution in [0.5, 0.6) is 0 Å². The van der Waals surface area contributed by atoms with E-state index in [1.165, 1.54) is 43.5 Å². The molecule has 1 heterocycles. The third-order valence-corrected chi connectivity index (χ3v) is 5.22. The molecule has 1 saturated heterocycles. The minimum Gasteiger partial charge on any atom is -0.352 e. The van der Waals surface area contributed by atoms with E-state index in [-0.39, 0.29) is 17.6 Å². The third-order valence-electron chi connectivity index (χ3n) is 5.22. The van der Waals surface area contributed by atoms with E-state index in [0.717, 1.165) is 32.2 Å². The molecule has 0 aromatic heterocycles. The van der Waals surface area contributed by atoms with Crippen molar-refractivity contribution in [3.63, 3.8) is 0 Å². The van der Waals surface area contributed by atoms with Gasteiger partial charge in [-0.2, -0.15) is 0 Å². The second-order valence-corrected chi connectivity index (χ2v) is 6.87. The molecule has 6 heteroatoms. The van der Waals surface area contributed by atoms with Crippen LogP contribution in [0.15, 0.2) is 24.3 Å². The fourth-order valence-electron chi connectivity index (χ4n) is 3.39. The highest BCUT2D eigenvalue weighted by Crippen LogP contribution is 2.25.